The number of rotatable bonds is 33. The number of carbonyl (C=O) groups is 3. The third-order valence-electron chi connectivity index (χ3n) is 8.91. The molecule has 0 spiro atoms. The summed E-state index contributed by atoms with van der Waals surface area (Å²) in [7, 11) is 0. The largest absolute Gasteiger partial charge is 0.480 e. The lowest BCUT2D eigenvalue weighted by Gasteiger charge is -2.29. The molecule has 6 N–H and O–H groups in total. The molecule has 2 atom stereocenters. The Hall–Kier alpha value is -1.35. The molecule has 0 fully saturated rings. The van der Waals surface area contributed by atoms with Crippen LogP contribution in [0.5, 0.6) is 0 Å². The molecule has 46 heavy (non-hydrogen) atoms. The fourth-order valence-corrected chi connectivity index (χ4v) is 5.65. The predicted octanol–water partition coefficient (Wildman–Crippen LogP) is 8.59. The summed E-state index contributed by atoms with van der Waals surface area (Å²) in [5, 5.41) is 38.4. The van der Waals surface area contributed by atoms with Gasteiger partial charge in [0.15, 0.2) is 11.6 Å². The van der Waals surface area contributed by atoms with Crippen molar-refractivity contribution in [2.24, 2.45) is 5.73 Å². The van der Waals surface area contributed by atoms with Crippen LogP contribution >= 0.6 is 0 Å². The first-order chi connectivity index (χ1) is 22.1. The number of nitrogens with two attached hydrogens (primary N) is 1. The Kier molecular flexibility index (Phi) is 34.1. The van der Waals surface area contributed by atoms with Crippen LogP contribution in [0.25, 0.3) is 0 Å². The zero-order chi connectivity index (χ0) is 34.9. The number of hydrogen-bond acceptors (Lipinski definition) is 7. The van der Waals surface area contributed by atoms with E-state index in [-0.39, 0.29) is 12.8 Å². The highest BCUT2D eigenvalue weighted by Crippen LogP contribution is 2.22. The quantitative estimate of drug-likeness (QED) is 0.0347. The molecule has 0 aromatic carbocycles. The standard InChI is InChI=1S/C35H68O5.C3H7NO2/c1-3-5-7-9-11-13-15-17-19-21-23-25-27-29-32(37)35(40,34(39)31-36)33(38)30-28-26-24-22-20-18-16-14-12-10-8-6-4-2;1-2(4)3(5)6/h34,36,39-40H,3-31H2,1-2H3;2H,4H2,1H3,(H,5,6)/t;2-/m.0/s1. The molecule has 0 aromatic heterocycles. The van der Waals surface area contributed by atoms with Gasteiger partial charge >= 0.3 is 5.97 Å². The van der Waals surface area contributed by atoms with Gasteiger partial charge in [-0.2, -0.15) is 0 Å². The van der Waals surface area contributed by atoms with E-state index in [2.05, 4.69) is 13.8 Å². The fraction of sp³-hybridized carbons (Fsp3) is 0.921. The Morgan fingerprint density at radius 2 is 0.761 bits per heavy atom. The molecule has 0 aliphatic carbocycles. The van der Waals surface area contributed by atoms with Gasteiger partial charge in [0.25, 0.3) is 0 Å². The Morgan fingerprint density at radius 3 is 0.957 bits per heavy atom. The van der Waals surface area contributed by atoms with E-state index >= 15 is 0 Å². The number of aliphatic carboxylic acids is 1. The molecule has 0 saturated heterocycles. The topological polar surface area (TPSA) is 158 Å². The van der Waals surface area contributed by atoms with Crippen molar-refractivity contribution in [3.8, 4) is 0 Å². The number of carboxylic acid groups (broad SMARTS) is 1. The molecule has 0 radical (unpaired) electrons. The summed E-state index contributed by atoms with van der Waals surface area (Å²) in [6, 6.07) is -0.731. The number of aliphatic hydroxyl groups excluding tert-OH is 2. The van der Waals surface area contributed by atoms with Gasteiger partial charge in [-0.25, -0.2) is 0 Å². The Bertz CT molecular complexity index is 671. The summed E-state index contributed by atoms with van der Waals surface area (Å²) in [5.74, 6) is -2.25. The third-order valence-corrected chi connectivity index (χ3v) is 8.91. The van der Waals surface area contributed by atoms with E-state index in [4.69, 9.17) is 10.8 Å². The smallest absolute Gasteiger partial charge is 0.320 e. The zero-order valence-corrected chi connectivity index (χ0v) is 30.3. The lowest BCUT2D eigenvalue weighted by atomic mass is 9.82. The van der Waals surface area contributed by atoms with Crippen LogP contribution in [0.4, 0.5) is 0 Å². The summed E-state index contributed by atoms with van der Waals surface area (Å²) in [6.07, 6.45) is 29.4. The van der Waals surface area contributed by atoms with Crippen molar-refractivity contribution < 1.29 is 34.8 Å². The zero-order valence-electron chi connectivity index (χ0n) is 30.3. The molecular weight excluding hydrogens is 582 g/mol. The van der Waals surface area contributed by atoms with Crippen LogP contribution in [0.15, 0.2) is 0 Å². The lowest BCUT2D eigenvalue weighted by molar-refractivity contribution is -0.166. The van der Waals surface area contributed by atoms with Crippen molar-refractivity contribution in [3.63, 3.8) is 0 Å². The van der Waals surface area contributed by atoms with E-state index in [1.807, 2.05) is 0 Å². The van der Waals surface area contributed by atoms with Crippen molar-refractivity contribution in [1.29, 1.82) is 0 Å². The predicted molar refractivity (Wildman–Crippen MR) is 190 cm³/mol. The number of aliphatic hydroxyl groups is 3. The van der Waals surface area contributed by atoms with E-state index in [0.29, 0.717) is 12.8 Å². The van der Waals surface area contributed by atoms with Crippen molar-refractivity contribution in [1.82, 2.24) is 0 Å². The molecule has 274 valence electrons. The van der Waals surface area contributed by atoms with Crippen LogP contribution in [0, 0.1) is 0 Å². The molecule has 1 unspecified atom stereocenters. The van der Waals surface area contributed by atoms with Crippen LogP contribution < -0.4 is 5.73 Å². The van der Waals surface area contributed by atoms with Gasteiger partial charge < -0.3 is 26.2 Å². The average Bonchev–Trinajstić information content (AvgIpc) is 3.04. The number of Topliss-reactive ketones (excluding diaryl/α,β-unsaturated/α-hetero) is 2. The van der Waals surface area contributed by atoms with Crippen molar-refractivity contribution in [2.75, 3.05) is 6.61 Å². The number of ketones is 2. The first kappa shape index (κ1) is 46.8. The van der Waals surface area contributed by atoms with Crippen molar-refractivity contribution >= 4 is 17.5 Å². The van der Waals surface area contributed by atoms with E-state index < -0.39 is 41.9 Å². The fourth-order valence-electron chi connectivity index (χ4n) is 5.65. The highest BCUT2D eigenvalue weighted by Gasteiger charge is 2.48. The molecule has 0 rings (SSSR count). The second-order valence-corrected chi connectivity index (χ2v) is 13.4. The Morgan fingerprint density at radius 1 is 0.543 bits per heavy atom. The summed E-state index contributed by atoms with van der Waals surface area (Å²) < 4.78 is 0. The second kappa shape index (κ2) is 33.5. The summed E-state index contributed by atoms with van der Waals surface area (Å²) in [4.78, 5) is 35.2. The molecule has 0 saturated carbocycles. The molecule has 0 amide bonds. The van der Waals surface area contributed by atoms with Crippen LogP contribution in [0.1, 0.15) is 201 Å². The molecule has 0 heterocycles. The normalized spacial score (nSPS) is 12.8. The minimum absolute atomic E-state index is 0.0651. The SMILES string of the molecule is CCCCCCCCCCCCCCCC(=O)C(O)(C(=O)CCCCCCCCCCCCCCC)C(O)CO.C[C@H](N)C(=O)O. The van der Waals surface area contributed by atoms with Gasteiger partial charge in [0.1, 0.15) is 12.1 Å². The summed E-state index contributed by atoms with van der Waals surface area (Å²) >= 11 is 0. The highest BCUT2D eigenvalue weighted by atomic mass is 16.4. The molecule has 0 aliphatic heterocycles. The van der Waals surface area contributed by atoms with Crippen LogP contribution in [-0.4, -0.2) is 62.3 Å². The molecule has 8 nitrogen and oxygen atoms in total. The van der Waals surface area contributed by atoms with E-state index in [1.54, 1.807) is 0 Å². The number of hydrogen-bond donors (Lipinski definition) is 5. The van der Waals surface area contributed by atoms with Gasteiger partial charge in [-0.1, -0.05) is 168 Å². The van der Waals surface area contributed by atoms with Gasteiger partial charge in [0, 0.05) is 12.8 Å². The monoisotopic (exact) mass is 658 g/mol. The summed E-state index contributed by atoms with van der Waals surface area (Å²) in [6.45, 7) is 5.11. The van der Waals surface area contributed by atoms with Crippen molar-refractivity contribution in [2.45, 2.75) is 218 Å². The second-order valence-electron chi connectivity index (χ2n) is 13.4. The molecular formula is C38H75NO7. The van der Waals surface area contributed by atoms with E-state index in [0.717, 1.165) is 38.5 Å². The van der Waals surface area contributed by atoms with Crippen LogP contribution in [-0.2, 0) is 14.4 Å². The number of carbonyl (C=O) groups excluding carboxylic acids is 2. The van der Waals surface area contributed by atoms with Gasteiger partial charge in [-0.15, -0.1) is 0 Å². The molecule has 8 heteroatoms. The average molecular weight is 658 g/mol. The van der Waals surface area contributed by atoms with Gasteiger partial charge in [0.05, 0.1) is 6.61 Å². The molecule has 0 aromatic rings. The summed E-state index contributed by atoms with van der Waals surface area (Å²) in [5.41, 5.74) is 2.37. The first-order valence-corrected chi connectivity index (χ1v) is 19.2. The van der Waals surface area contributed by atoms with Gasteiger partial charge in [-0.05, 0) is 19.8 Å². The number of carboxylic acids is 1. The molecule has 0 aliphatic rings. The van der Waals surface area contributed by atoms with Crippen LogP contribution in [0.2, 0.25) is 0 Å². The third kappa shape index (κ3) is 26.7. The number of unbranched alkanes of at least 4 members (excludes halogenated alkanes) is 24. The minimum atomic E-state index is -2.47. The lowest BCUT2D eigenvalue weighted by Crippen LogP contribution is -2.57. The molecule has 0 bridgehead atoms. The maximum atomic E-state index is 12.8. The van der Waals surface area contributed by atoms with E-state index in [1.165, 1.54) is 122 Å². The van der Waals surface area contributed by atoms with Crippen molar-refractivity contribution in [3.05, 3.63) is 0 Å². The van der Waals surface area contributed by atoms with Gasteiger partial charge in [0.2, 0.25) is 5.60 Å². The first-order valence-electron chi connectivity index (χ1n) is 19.2. The maximum Gasteiger partial charge on any atom is 0.320 e. The minimum Gasteiger partial charge on any atom is -0.480 e. The highest BCUT2D eigenvalue weighted by molar-refractivity contribution is 6.10. The Balaban J connectivity index is 0. The Labute approximate surface area is 282 Å². The van der Waals surface area contributed by atoms with Gasteiger partial charge in [-0.3, -0.25) is 14.4 Å². The van der Waals surface area contributed by atoms with Crippen LogP contribution in [0.3, 0.4) is 0 Å². The van der Waals surface area contributed by atoms with E-state index in [9.17, 15) is 29.7 Å². The maximum absolute atomic E-state index is 12.8.